The van der Waals surface area contributed by atoms with Crippen molar-refractivity contribution in [3.05, 3.63) is 29.8 Å². The van der Waals surface area contributed by atoms with E-state index in [1.54, 1.807) is 23.9 Å². The van der Waals surface area contributed by atoms with Gasteiger partial charge < -0.3 is 28.8 Å². The molecule has 1 N–H and O–H groups in total. The third kappa shape index (κ3) is 5.98. The van der Waals surface area contributed by atoms with Gasteiger partial charge in [-0.05, 0) is 112 Å². The van der Waals surface area contributed by atoms with Gasteiger partial charge in [0.2, 0.25) is 11.6 Å². The first kappa shape index (κ1) is 38.2. The van der Waals surface area contributed by atoms with Gasteiger partial charge in [0.1, 0.15) is 0 Å². The molecule has 0 unspecified atom stereocenters. The average Bonchev–Trinajstić information content (AvgIpc) is 3.53. The summed E-state index contributed by atoms with van der Waals surface area (Å²) in [5, 5.41) is 13.1. The SMILES string of the molecule is COC(=O)c1ccc(SCC(O)(C[C@H]2O[C@@H]3O[C@@]4(C)CC[C@H]5[C@H](C)CC[C@@H]([C@H]2C)[C@@]35OO4)C[C@H]2O[C@@H]3O[C@@]4(C)CC[C@H]5[C@H](C)CC[C@@H]([C@H]2C)[C@@]35OO4)cc1. The molecule has 2 aliphatic carbocycles. The Morgan fingerprint density at radius 1 is 0.741 bits per heavy atom. The van der Waals surface area contributed by atoms with Crippen LogP contribution in [0.5, 0.6) is 0 Å². The molecule has 2 saturated carbocycles. The Hall–Kier alpha value is -1.32. The summed E-state index contributed by atoms with van der Waals surface area (Å²) in [6, 6.07) is 7.38. The van der Waals surface area contributed by atoms with E-state index in [0.717, 1.165) is 56.3 Å². The number of esters is 1. The van der Waals surface area contributed by atoms with Crippen molar-refractivity contribution in [2.45, 2.75) is 164 Å². The quantitative estimate of drug-likeness (QED) is 0.159. The molecule has 1 aromatic carbocycles. The van der Waals surface area contributed by atoms with Gasteiger partial charge in [-0.1, -0.05) is 27.7 Å². The van der Waals surface area contributed by atoms with E-state index in [1.807, 2.05) is 26.0 Å². The van der Waals surface area contributed by atoms with Crippen LogP contribution >= 0.6 is 11.8 Å². The molecule has 4 bridgehead atoms. The molecule has 0 amide bonds. The van der Waals surface area contributed by atoms with Crippen molar-refractivity contribution in [1.29, 1.82) is 0 Å². The van der Waals surface area contributed by atoms with E-state index in [9.17, 15) is 9.90 Å². The molecule has 16 atom stereocenters. The van der Waals surface area contributed by atoms with E-state index < -0.39 is 41.0 Å². The molecule has 11 nitrogen and oxygen atoms in total. The lowest BCUT2D eigenvalue weighted by Gasteiger charge is -2.61. The Bertz CT molecular complexity index is 1500. The Morgan fingerprint density at radius 2 is 1.22 bits per heavy atom. The van der Waals surface area contributed by atoms with Crippen molar-refractivity contribution in [2.24, 2.45) is 47.3 Å². The number of fused-ring (bicyclic) bond motifs is 4. The smallest absolute Gasteiger partial charge is 0.337 e. The summed E-state index contributed by atoms with van der Waals surface area (Å²) >= 11 is 1.58. The predicted octanol–water partition coefficient (Wildman–Crippen LogP) is 7.58. The van der Waals surface area contributed by atoms with Gasteiger partial charge in [0.15, 0.2) is 23.8 Å². The third-order valence-electron chi connectivity index (χ3n) is 15.5. The van der Waals surface area contributed by atoms with Gasteiger partial charge in [-0.25, -0.2) is 24.3 Å². The number of ether oxygens (including phenoxy) is 5. The van der Waals surface area contributed by atoms with Crippen molar-refractivity contribution in [2.75, 3.05) is 12.9 Å². The molecule has 0 aromatic heterocycles. The molecule has 2 spiro atoms. The van der Waals surface area contributed by atoms with Crippen LogP contribution in [0.25, 0.3) is 0 Å². The molecule has 54 heavy (non-hydrogen) atoms. The first-order valence-electron chi connectivity index (χ1n) is 20.7. The van der Waals surface area contributed by atoms with Crippen LogP contribution in [-0.2, 0) is 43.2 Å². The van der Waals surface area contributed by atoms with Gasteiger partial charge in [0.05, 0.1) is 30.5 Å². The number of benzene rings is 1. The van der Waals surface area contributed by atoms with Crippen molar-refractivity contribution in [1.82, 2.24) is 0 Å². The molecule has 8 saturated heterocycles. The molecule has 10 fully saturated rings. The number of carbonyl (C=O) groups is 1. The van der Waals surface area contributed by atoms with Crippen molar-refractivity contribution >= 4 is 17.7 Å². The summed E-state index contributed by atoms with van der Waals surface area (Å²) in [6.07, 6.45) is 6.71. The molecule has 0 radical (unpaired) electrons. The van der Waals surface area contributed by atoms with Crippen LogP contribution in [0.15, 0.2) is 29.2 Å². The number of aliphatic hydroxyl groups is 1. The zero-order valence-corrected chi connectivity index (χ0v) is 33.8. The van der Waals surface area contributed by atoms with Crippen LogP contribution < -0.4 is 0 Å². The van der Waals surface area contributed by atoms with Gasteiger partial charge in [0, 0.05) is 48.2 Å². The highest BCUT2D eigenvalue weighted by molar-refractivity contribution is 7.99. The van der Waals surface area contributed by atoms with Gasteiger partial charge in [-0.3, -0.25) is 0 Å². The average molecular weight is 773 g/mol. The maximum absolute atomic E-state index is 13.1. The number of hydrogen-bond donors (Lipinski definition) is 1. The van der Waals surface area contributed by atoms with Crippen LogP contribution in [0.2, 0.25) is 0 Å². The second kappa shape index (κ2) is 13.6. The molecular weight excluding hydrogens is 713 g/mol. The van der Waals surface area contributed by atoms with Crippen molar-refractivity contribution in [3.8, 4) is 0 Å². The van der Waals surface area contributed by atoms with Crippen LogP contribution in [0.3, 0.4) is 0 Å². The molecule has 10 aliphatic rings. The highest BCUT2D eigenvalue weighted by atomic mass is 32.2. The molecule has 8 aliphatic heterocycles. The maximum atomic E-state index is 13.1. The Labute approximate surface area is 323 Å². The second-order valence-corrected chi connectivity index (χ2v) is 19.9. The Morgan fingerprint density at radius 3 is 1.69 bits per heavy atom. The molecule has 1 aromatic rings. The van der Waals surface area contributed by atoms with Crippen LogP contribution in [-0.4, -0.2) is 77.1 Å². The number of carbonyl (C=O) groups excluding carboxylic acids is 1. The molecule has 12 heteroatoms. The third-order valence-corrected chi connectivity index (χ3v) is 16.8. The Kier molecular flexibility index (Phi) is 9.65. The van der Waals surface area contributed by atoms with Crippen LogP contribution in [0, 0.1) is 47.3 Å². The minimum Gasteiger partial charge on any atom is -0.465 e. The van der Waals surface area contributed by atoms with E-state index in [2.05, 4.69) is 27.7 Å². The van der Waals surface area contributed by atoms with Gasteiger partial charge in [-0.2, -0.15) is 0 Å². The zero-order valence-electron chi connectivity index (χ0n) is 33.0. The number of thioether (sulfide) groups is 1. The fourth-order valence-electron chi connectivity index (χ4n) is 12.4. The molecule has 8 heterocycles. The monoisotopic (exact) mass is 772 g/mol. The van der Waals surface area contributed by atoms with Gasteiger partial charge in [0.25, 0.3) is 0 Å². The fraction of sp³-hybridized carbons (Fsp3) is 0.833. The topological polar surface area (TPSA) is 120 Å². The lowest BCUT2D eigenvalue weighted by Crippen LogP contribution is -2.71. The fourth-order valence-corrected chi connectivity index (χ4v) is 13.4. The summed E-state index contributed by atoms with van der Waals surface area (Å²) in [5.74, 6) is 0.245. The highest BCUT2D eigenvalue weighted by Crippen LogP contribution is 2.63. The predicted molar refractivity (Wildman–Crippen MR) is 196 cm³/mol. The van der Waals surface area contributed by atoms with Crippen molar-refractivity contribution < 1.29 is 53.1 Å². The van der Waals surface area contributed by atoms with E-state index in [4.69, 9.17) is 43.2 Å². The number of hydrogen-bond acceptors (Lipinski definition) is 12. The van der Waals surface area contributed by atoms with Gasteiger partial charge in [-0.15, -0.1) is 11.8 Å². The number of methoxy groups -OCH3 is 1. The second-order valence-electron chi connectivity index (χ2n) is 18.8. The molecular formula is C42H60O11S. The minimum absolute atomic E-state index is 0.0850. The largest absolute Gasteiger partial charge is 0.465 e. The lowest BCUT2D eigenvalue weighted by atomic mass is 9.56. The Balaban J connectivity index is 1.02. The summed E-state index contributed by atoms with van der Waals surface area (Å²) < 4.78 is 32.4. The normalized spacial score (nSPS) is 49.3. The van der Waals surface area contributed by atoms with E-state index in [-0.39, 0.29) is 53.7 Å². The van der Waals surface area contributed by atoms with Crippen LogP contribution in [0.1, 0.15) is 116 Å². The molecule has 11 rings (SSSR count). The summed E-state index contributed by atoms with van der Waals surface area (Å²) in [7, 11) is 1.38. The lowest BCUT2D eigenvalue weighted by molar-refractivity contribution is -0.572. The van der Waals surface area contributed by atoms with Crippen LogP contribution in [0.4, 0.5) is 0 Å². The summed E-state index contributed by atoms with van der Waals surface area (Å²) in [5.41, 5.74) is -2.05. The minimum atomic E-state index is -1.20. The van der Waals surface area contributed by atoms with E-state index >= 15 is 0 Å². The van der Waals surface area contributed by atoms with E-state index in [0.29, 0.717) is 36.0 Å². The van der Waals surface area contributed by atoms with Gasteiger partial charge >= 0.3 is 5.97 Å². The maximum Gasteiger partial charge on any atom is 0.337 e. The highest BCUT2D eigenvalue weighted by Gasteiger charge is 2.71. The van der Waals surface area contributed by atoms with E-state index in [1.165, 1.54) is 7.11 Å². The first-order chi connectivity index (χ1) is 25.7. The van der Waals surface area contributed by atoms with Crippen molar-refractivity contribution in [3.63, 3.8) is 0 Å². The summed E-state index contributed by atoms with van der Waals surface area (Å²) in [6.45, 7) is 13.1. The molecule has 300 valence electrons. The first-order valence-corrected chi connectivity index (χ1v) is 21.6. The number of rotatable bonds is 8. The standard InChI is InChI=1S/C42H60O11S/c1-23-8-14-31-25(3)33(46-36-41(31)29(23)16-18-38(5,48-36)50-52-41)20-40(44,22-54-28-12-10-27(11-13-28)35(43)45-7)21-34-26(4)32-15-9-24(2)30-17-19-39(6)49-37(47-34)42(30,32)53-51-39/h10-13,23-26,29-34,36-37,44H,8-9,14-22H2,1-7H3/t23-,24-,25-,26-,29+,30+,31+,32+,33-,34-,36-,37-,38-,39-,41-,42-/m1/s1. The summed E-state index contributed by atoms with van der Waals surface area (Å²) in [4.78, 5) is 38.2. The zero-order chi connectivity index (χ0) is 37.8.